The maximum Gasteiger partial charge on any atom is 0.338 e. The smallest absolute Gasteiger partial charge is 0.338 e. The van der Waals surface area contributed by atoms with Crippen molar-refractivity contribution in [2.75, 3.05) is 12.4 Å². The number of carbonyl (C=O) groups is 1. The van der Waals surface area contributed by atoms with E-state index in [9.17, 15) is 4.79 Å². The lowest BCUT2D eigenvalue weighted by molar-refractivity contribution is 0.0600. The Morgan fingerprint density at radius 1 is 1.47 bits per heavy atom. The van der Waals surface area contributed by atoms with Gasteiger partial charge in [0.25, 0.3) is 0 Å². The van der Waals surface area contributed by atoms with E-state index >= 15 is 0 Å². The molecule has 1 aliphatic carbocycles. The third-order valence-electron chi connectivity index (χ3n) is 3.01. The number of rotatable bonds is 3. The standard InChI is InChI=1S/C13H13N3O2S/c1-18-12(17)8-5-6-14-11(7-8)16-13-15-9-3-2-4-10(9)19-13/h5-7H,2-4H2,1H3,(H,14,15,16). The quantitative estimate of drug-likeness (QED) is 0.872. The lowest BCUT2D eigenvalue weighted by Crippen LogP contribution is -2.03. The molecule has 0 spiro atoms. The molecule has 0 fully saturated rings. The number of carbonyl (C=O) groups excluding carboxylic acids is 1. The summed E-state index contributed by atoms with van der Waals surface area (Å²) in [5.41, 5.74) is 1.67. The van der Waals surface area contributed by atoms with Crippen LogP contribution in [-0.4, -0.2) is 23.0 Å². The van der Waals surface area contributed by atoms with E-state index in [-0.39, 0.29) is 5.97 Å². The highest BCUT2D eigenvalue weighted by atomic mass is 32.1. The second kappa shape index (κ2) is 4.97. The van der Waals surface area contributed by atoms with Crippen LogP contribution < -0.4 is 5.32 Å². The topological polar surface area (TPSA) is 64.1 Å². The van der Waals surface area contributed by atoms with Crippen LogP contribution in [0, 0.1) is 0 Å². The molecule has 0 saturated carbocycles. The first kappa shape index (κ1) is 12.1. The predicted octanol–water partition coefficient (Wildman–Crippen LogP) is 2.56. The molecule has 6 heteroatoms. The molecule has 0 saturated heterocycles. The zero-order valence-electron chi connectivity index (χ0n) is 10.5. The zero-order valence-corrected chi connectivity index (χ0v) is 11.3. The van der Waals surface area contributed by atoms with Gasteiger partial charge in [-0.1, -0.05) is 0 Å². The van der Waals surface area contributed by atoms with Crippen molar-refractivity contribution in [1.82, 2.24) is 9.97 Å². The Labute approximate surface area is 114 Å². The lowest BCUT2D eigenvalue weighted by Gasteiger charge is -2.03. The summed E-state index contributed by atoms with van der Waals surface area (Å²) in [5, 5.41) is 3.97. The van der Waals surface area contributed by atoms with Crippen molar-refractivity contribution < 1.29 is 9.53 Å². The van der Waals surface area contributed by atoms with Crippen molar-refractivity contribution >= 4 is 28.3 Å². The Bertz CT molecular complexity index is 603. The molecule has 0 radical (unpaired) electrons. The maximum atomic E-state index is 11.4. The molecule has 1 N–H and O–H groups in total. The Morgan fingerprint density at radius 2 is 2.37 bits per heavy atom. The molecule has 0 aliphatic heterocycles. The van der Waals surface area contributed by atoms with E-state index in [0.29, 0.717) is 11.4 Å². The minimum absolute atomic E-state index is 0.368. The summed E-state index contributed by atoms with van der Waals surface area (Å²) < 4.78 is 4.68. The van der Waals surface area contributed by atoms with Crippen LogP contribution >= 0.6 is 11.3 Å². The number of ether oxygens (including phenoxy) is 1. The molecular weight excluding hydrogens is 262 g/mol. The number of anilines is 2. The number of thiazole rings is 1. The van der Waals surface area contributed by atoms with Crippen molar-refractivity contribution in [2.45, 2.75) is 19.3 Å². The van der Waals surface area contributed by atoms with Crippen LogP contribution in [0.15, 0.2) is 18.3 Å². The number of hydrogen-bond donors (Lipinski definition) is 1. The lowest BCUT2D eigenvalue weighted by atomic mass is 10.2. The molecule has 2 aromatic rings. The van der Waals surface area contributed by atoms with Gasteiger partial charge in [-0.2, -0.15) is 0 Å². The molecule has 0 bridgehead atoms. The van der Waals surface area contributed by atoms with Gasteiger partial charge >= 0.3 is 5.97 Å². The number of pyridine rings is 1. The normalized spacial score (nSPS) is 13.1. The Hall–Kier alpha value is -1.95. The molecule has 0 aromatic carbocycles. The van der Waals surface area contributed by atoms with Crippen LogP contribution in [0.25, 0.3) is 0 Å². The molecular formula is C13H13N3O2S. The first-order valence-electron chi connectivity index (χ1n) is 6.06. The van der Waals surface area contributed by atoms with E-state index in [0.717, 1.165) is 18.0 Å². The van der Waals surface area contributed by atoms with Gasteiger partial charge in [0.05, 0.1) is 18.4 Å². The Balaban J connectivity index is 1.80. The monoisotopic (exact) mass is 275 g/mol. The fourth-order valence-electron chi connectivity index (χ4n) is 2.10. The van der Waals surface area contributed by atoms with Gasteiger partial charge < -0.3 is 10.1 Å². The highest BCUT2D eigenvalue weighted by Gasteiger charge is 2.17. The van der Waals surface area contributed by atoms with E-state index < -0.39 is 0 Å². The third kappa shape index (κ3) is 2.44. The van der Waals surface area contributed by atoms with E-state index in [1.807, 2.05) is 0 Å². The number of nitrogens with one attached hydrogen (secondary N) is 1. The summed E-state index contributed by atoms with van der Waals surface area (Å²) in [5.74, 6) is 0.238. The van der Waals surface area contributed by atoms with E-state index in [1.54, 1.807) is 29.7 Å². The number of methoxy groups -OCH3 is 1. The molecule has 0 amide bonds. The highest BCUT2D eigenvalue weighted by molar-refractivity contribution is 7.15. The zero-order chi connectivity index (χ0) is 13.2. The van der Waals surface area contributed by atoms with Crippen LogP contribution in [0.5, 0.6) is 0 Å². The van der Waals surface area contributed by atoms with Crippen LogP contribution in [0.4, 0.5) is 10.9 Å². The first-order valence-corrected chi connectivity index (χ1v) is 6.88. The Kier molecular flexibility index (Phi) is 3.16. The molecule has 2 aromatic heterocycles. The van der Waals surface area contributed by atoms with Crippen LogP contribution in [0.2, 0.25) is 0 Å². The molecule has 0 atom stereocenters. The number of aryl methyl sites for hydroxylation is 2. The van der Waals surface area contributed by atoms with Gasteiger partial charge in [-0.3, -0.25) is 0 Å². The van der Waals surface area contributed by atoms with Gasteiger partial charge in [0, 0.05) is 11.1 Å². The van der Waals surface area contributed by atoms with Crippen LogP contribution in [-0.2, 0) is 17.6 Å². The number of fused-ring (bicyclic) bond motifs is 1. The average Bonchev–Trinajstić information content (AvgIpc) is 2.99. The number of aromatic nitrogens is 2. The molecule has 5 nitrogen and oxygen atoms in total. The summed E-state index contributed by atoms with van der Waals surface area (Å²) in [6.45, 7) is 0. The van der Waals surface area contributed by atoms with Gasteiger partial charge in [0.2, 0.25) is 0 Å². The third-order valence-corrected chi connectivity index (χ3v) is 4.08. The molecule has 3 rings (SSSR count). The van der Waals surface area contributed by atoms with Crippen LogP contribution in [0.3, 0.4) is 0 Å². The summed E-state index contributed by atoms with van der Waals surface area (Å²) in [4.78, 5) is 21.5. The first-order chi connectivity index (χ1) is 9.26. The van der Waals surface area contributed by atoms with E-state index in [2.05, 4.69) is 20.0 Å². The van der Waals surface area contributed by atoms with Gasteiger partial charge in [0.15, 0.2) is 5.13 Å². The second-order valence-corrected chi connectivity index (χ2v) is 5.37. The number of hydrogen-bond acceptors (Lipinski definition) is 6. The minimum atomic E-state index is -0.368. The largest absolute Gasteiger partial charge is 0.465 e. The van der Waals surface area contributed by atoms with E-state index in [4.69, 9.17) is 0 Å². The molecule has 0 unspecified atom stereocenters. The molecule has 2 heterocycles. The fraction of sp³-hybridized carbons (Fsp3) is 0.308. The van der Waals surface area contributed by atoms with Crippen molar-refractivity contribution in [3.05, 3.63) is 34.5 Å². The van der Waals surface area contributed by atoms with Crippen molar-refractivity contribution in [3.63, 3.8) is 0 Å². The van der Waals surface area contributed by atoms with Crippen molar-refractivity contribution in [3.8, 4) is 0 Å². The molecule has 19 heavy (non-hydrogen) atoms. The summed E-state index contributed by atoms with van der Waals surface area (Å²) >= 11 is 1.66. The summed E-state index contributed by atoms with van der Waals surface area (Å²) in [6, 6.07) is 3.29. The van der Waals surface area contributed by atoms with E-state index in [1.165, 1.54) is 24.1 Å². The fourth-order valence-corrected chi connectivity index (χ4v) is 3.15. The van der Waals surface area contributed by atoms with Crippen molar-refractivity contribution in [1.29, 1.82) is 0 Å². The summed E-state index contributed by atoms with van der Waals surface area (Å²) in [7, 11) is 1.36. The SMILES string of the molecule is COC(=O)c1ccnc(Nc2nc3c(s2)CCC3)c1. The average molecular weight is 275 g/mol. The number of esters is 1. The Morgan fingerprint density at radius 3 is 3.16 bits per heavy atom. The van der Waals surface area contributed by atoms with Crippen molar-refractivity contribution in [2.24, 2.45) is 0 Å². The number of nitrogens with zero attached hydrogens (tertiary/aromatic N) is 2. The summed E-state index contributed by atoms with van der Waals surface area (Å²) in [6.07, 6.45) is 4.95. The van der Waals surface area contributed by atoms with Gasteiger partial charge in [0.1, 0.15) is 5.82 Å². The highest BCUT2D eigenvalue weighted by Crippen LogP contribution is 2.31. The van der Waals surface area contributed by atoms with Gasteiger partial charge in [-0.05, 0) is 31.4 Å². The van der Waals surface area contributed by atoms with Gasteiger partial charge in [-0.15, -0.1) is 11.3 Å². The van der Waals surface area contributed by atoms with Gasteiger partial charge in [-0.25, -0.2) is 14.8 Å². The van der Waals surface area contributed by atoms with Crippen LogP contribution in [0.1, 0.15) is 27.3 Å². The predicted molar refractivity (Wildman–Crippen MR) is 73.0 cm³/mol. The molecule has 1 aliphatic rings. The second-order valence-electron chi connectivity index (χ2n) is 4.29. The minimum Gasteiger partial charge on any atom is -0.465 e. The molecule has 98 valence electrons. The maximum absolute atomic E-state index is 11.4.